The maximum Gasteiger partial charge on any atom is 0.345 e. The Hall–Kier alpha value is -3.72. The minimum Gasteiger partial charge on any atom is -0.422 e. The van der Waals surface area contributed by atoms with E-state index >= 15 is 0 Å². The summed E-state index contributed by atoms with van der Waals surface area (Å²) in [6.45, 7) is 0. The number of hydrogen-bond acceptors (Lipinski definition) is 3. The molecule has 0 unspecified atom stereocenters. The van der Waals surface area contributed by atoms with Crippen molar-refractivity contribution in [2.45, 2.75) is 0 Å². The molecular weight excluding hydrogens is 334 g/mol. The third kappa shape index (κ3) is 2.61. The molecule has 2 aromatic heterocycles. The van der Waals surface area contributed by atoms with Crippen molar-refractivity contribution < 1.29 is 4.42 Å². The summed E-state index contributed by atoms with van der Waals surface area (Å²) in [5, 5.41) is 1.33. The van der Waals surface area contributed by atoms with Crippen LogP contribution in [0.5, 0.6) is 0 Å². The summed E-state index contributed by atoms with van der Waals surface area (Å²) in [6.07, 6.45) is 0. The van der Waals surface area contributed by atoms with E-state index in [1.54, 1.807) is 6.07 Å². The predicted molar refractivity (Wildman–Crippen MR) is 109 cm³/mol. The van der Waals surface area contributed by atoms with Crippen LogP contribution in [0, 0.1) is 0 Å². The van der Waals surface area contributed by atoms with Crippen LogP contribution in [0.3, 0.4) is 0 Å². The highest BCUT2D eigenvalue weighted by molar-refractivity contribution is 6.04. The van der Waals surface area contributed by atoms with Crippen molar-refractivity contribution in [2.75, 3.05) is 0 Å². The van der Waals surface area contributed by atoms with Gasteiger partial charge in [-0.15, -0.1) is 0 Å². The molecule has 0 amide bonds. The standard InChI is InChI=1S/C24H15NO2/c26-24-20-15-19(16-9-3-1-4-10-16)22(17-11-5-2-6-12-17)25-23(20)18-13-7-8-14-21(18)27-24/h1-15H. The fourth-order valence-electron chi connectivity index (χ4n) is 3.43. The molecule has 0 saturated carbocycles. The molecule has 0 atom stereocenters. The predicted octanol–water partition coefficient (Wildman–Crippen LogP) is 5.68. The van der Waals surface area contributed by atoms with Gasteiger partial charge in [0.05, 0.1) is 16.6 Å². The Labute approximate surface area is 155 Å². The Kier molecular flexibility index (Phi) is 3.58. The smallest absolute Gasteiger partial charge is 0.345 e. The van der Waals surface area contributed by atoms with Crippen LogP contribution in [0.15, 0.2) is 100 Å². The molecule has 0 saturated heterocycles. The van der Waals surface area contributed by atoms with E-state index in [1.165, 1.54) is 0 Å². The van der Waals surface area contributed by atoms with Crippen LogP contribution in [-0.4, -0.2) is 4.98 Å². The van der Waals surface area contributed by atoms with E-state index in [4.69, 9.17) is 9.40 Å². The molecule has 3 heteroatoms. The lowest BCUT2D eigenvalue weighted by atomic mass is 9.97. The summed E-state index contributed by atoms with van der Waals surface area (Å²) < 4.78 is 5.52. The van der Waals surface area contributed by atoms with Crippen LogP contribution < -0.4 is 5.63 Å². The van der Waals surface area contributed by atoms with E-state index in [0.29, 0.717) is 16.5 Å². The first-order valence-corrected chi connectivity index (χ1v) is 8.79. The number of nitrogens with zero attached hydrogens (tertiary/aromatic N) is 1. The van der Waals surface area contributed by atoms with Crippen molar-refractivity contribution in [1.29, 1.82) is 0 Å². The molecule has 5 aromatic rings. The Balaban J connectivity index is 1.95. The van der Waals surface area contributed by atoms with Gasteiger partial charge in [0.15, 0.2) is 0 Å². The van der Waals surface area contributed by atoms with Crippen molar-refractivity contribution in [2.24, 2.45) is 0 Å². The zero-order chi connectivity index (χ0) is 18.2. The maximum atomic E-state index is 12.6. The molecule has 27 heavy (non-hydrogen) atoms. The zero-order valence-electron chi connectivity index (χ0n) is 14.4. The molecule has 0 aliphatic carbocycles. The lowest BCUT2D eigenvalue weighted by Crippen LogP contribution is -2.03. The van der Waals surface area contributed by atoms with Crippen LogP contribution in [-0.2, 0) is 0 Å². The molecular formula is C24H15NO2. The van der Waals surface area contributed by atoms with Crippen LogP contribution in [0.4, 0.5) is 0 Å². The van der Waals surface area contributed by atoms with Gasteiger partial charge < -0.3 is 4.42 Å². The average molecular weight is 349 g/mol. The normalized spacial score (nSPS) is 11.1. The second-order valence-corrected chi connectivity index (χ2v) is 6.40. The highest BCUT2D eigenvalue weighted by Crippen LogP contribution is 2.34. The molecule has 128 valence electrons. The fraction of sp³-hybridized carbons (Fsp3) is 0. The van der Waals surface area contributed by atoms with Crippen LogP contribution >= 0.6 is 0 Å². The highest BCUT2D eigenvalue weighted by atomic mass is 16.4. The Bertz CT molecular complexity index is 1320. The van der Waals surface area contributed by atoms with E-state index < -0.39 is 0 Å². The molecule has 5 rings (SSSR count). The number of para-hydroxylation sites is 1. The molecule has 3 aromatic carbocycles. The van der Waals surface area contributed by atoms with Crippen molar-refractivity contribution >= 4 is 21.9 Å². The summed E-state index contributed by atoms with van der Waals surface area (Å²) in [7, 11) is 0. The lowest BCUT2D eigenvalue weighted by Gasteiger charge is -2.12. The van der Waals surface area contributed by atoms with E-state index in [-0.39, 0.29) is 5.63 Å². The number of pyridine rings is 1. The van der Waals surface area contributed by atoms with E-state index in [1.807, 2.05) is 84.9 Å². The molecule has 0 spiro atoms. The van der Waals surface area contributed by atoms with Gasteiger partial charge in [-0.05, 0) is 23.8 Å². The first-order chi connectivity index (χ1) is 13.3. The second-order valence-electron chi connectivity index (χ2n) is 6.40. The Morgan fingerprint density at radius 2 is 1.30 bits per heavy atom. The van der Waals surface area contributed by atoms with Gasteiger partial charge in [-0.25, -0.2) is 9.78 Å². The lowest BCUT2D eigenvalue weighted by molar-refractivity contribution is 0.569. The summed E-state index contributed by atoms with van der Waals surface area (Å²) in [5.74, 6) is 0. The van der Waals surface area contributed by atoms with Crippen LogP contribution in [0.2, 0.25) is 0 Å². The number of aromatic nitrogens is 1. The van der Waals surface area contributed by atoms with Crippen molar-refractivity contribution in [3.8, 4) is 22.4 Å². The summed E-state index contributed by atoms with van der Waals surface area (Å²) >= 11 is 0. The number of rotatable bonds is 2. The van der Waals surface area contributed by atoms with E-state index in [2.05, 4.69) is 0 Å². The molecule has 0 aliphatic rings. The van der Waals surface area contributed by atoms with Gasteiger partial charge in [0.1, 0.15) is 5.58 Å². The molecule has 0 aliphatic heterocycles. The molecule has 2 heterocycles. The van der Waals surface area contributed by atoms with Crippen molar-refractivity contribution in [3.63, 3.8) is 0 Å². The third-order valence-corrected chi connectivity index (χ3v) is 4.72. The largest absolute Gasteiger partial charge is 0.422 e. The number of fused-ring (bicyclic) bond motifs is 3. The number of benzene rings is 3. The molecule has 0 radical (unpaired) electrons. The molecule has 0 N–H and O–H groups in total. The summed E-state index contributed by atoms with van der Waals surface area (Å²) in [4.78, 5) is 17.6. The topological polar surface area (TPSA) is 43.1 Å². The maximum absolute atomic E-state index is 12.6. The van der Waals surface area contributed by atoms with Gasteiger partial charge in [0, 0.05) is 16.5 Å². The SMILES string of the molecule is O=c1oc2ccccc2c2nc(-c3ccccc3)c(-c3ccccc3)cc12. The van der Waals surface area contributed by atoms with Gasteiger partial charge in [-0.1, -0.05) is 72.8 Å². The molecule has 0 bridgehead atoms. The zero-order valence-corrected chi connectivity index (χ0v) is 14.4. The number of hydrogen-bond donors (Lipinski definition) is 0. The van der Waals surface area contributed by atoms with E-state index in [0.717, 1.165) is 27.8 Å². The van der Waals surface area contributed by atoms with Crippen molar-refractivity contribution in [3.05, 3.63) is 101 Å². The fourth-order valence-corrected chi connectivity index (χ4v) is 3.43. The van der Waals surface area contributed by atoms with Crippen molar-refractivity contribution in [1.82, 2.24) is 4.98 Å². The van der Waals surface area contributed by atoms with E-state index in [9.17, 15) is 4.79 Å². The monoisotopic (exact) mass is 349 g/mol. The Morgan fingerprint density at radius 1 is 0.667 bits per heavy atom. The highest BCUT2D eigenvalue weighted by Gasteiger charge is 2.15. The van der Waals surface area contributed by atoms with Gasteiger partial charge in [0.2, 0.25) is 0 Å². The first-order valence-electron chi connectivity index (χ1n) is 8.79. The minimum atomic E-state index is -0.368. The Morgan fingerprint density at radius 3 is 2.04 bits per heavy atom. The van der Waals surface area contributed by atoms with Crippen LogP contribution in [0.25, 0.3) is 44.3 Å². The minimum absolute atomic E-state index is 0.368. The van der Waals surface area contributed by atoms with Gasteiger partial charge in [0.25, 0.3) is 0 Å². The van der Waals surface area contributed by atoms with Gasteiger partial charge in [-0.3, -0.25) is 0 Å². The third-order valence-electron chi connectivity index (χ3n) is 4.72. The van der Waals surface area contributed by atoms with Gasteiger partial charge in [-0.2, -0.15) is 0 Å². The summed E-state index contributed by atoms with van der Waals surface area (Å²) in [5.41, 5.74) is 4.64. The first kappa shape index (κ1) is 15.5. The van der Waals surface area contributed by atoms with Crippen LogP contribution in [0.1, 0.15) is 0 Å². The molecule has 0 fully saturated rings. The quantitative estimate of drug-likeness (QED) is 0.304. The second kappa shape index (κ2) is 6.22. The summed E-state index contributed by atoms with van der Waals surface area (Å²) in [6, 6.07) is 29.4. The van der Waals surface area contributed by atoms with Gasteiger partial charge >= 0.3 is 5.63 Å². The molecule has 3 nitrogen and oxygen atoms in total. The average Bonchev–Trinajstić information content (AvgIpc) is 2.74.